The lowest BCUT2D eigenvalue weighted by molar-refractivity contribution is -0.127. The number of amides is 1. The SMILES string of the molecule is CCN1C(=O)C(I)CC=C1c1c(F)cc(OCSC)cc1F. The second-order valence-corrected chi connectivity index (χ2v) is 7.00. The molecule has 2 rings (SSSR count). The standard InChI is InChI=1S/C15H16F2INO2S/c1-3-19-13(5-4-12(18)15(19)20)14-10(16)6-9(7-11(14)17)21-8-22-2/h5-7,12H,3-4,8H2,1-2H3. The summed E-state index contributed by atoms with van der Waals surface area (Å²) in [6.45, 7) is 2.15. The summed E-state index contributed by atoms with van der Waals surface area (Å²) in [5.41, 5.74) is 0.127. The summed E-state index contributed by atoms with van der Waals surface area (Å²) in [7, 11) is 0. The first-order chi connectivity index (χ1) is 10.5. The van der Waals surface area contributed by atoms with Crippen LogP contribution in [-0.4, -0.2) is 33.5 Å². The lowest BCUT2D eigenvalue weighted by Crippen LogP contribution is -2.38. The van der Waals surface area contributed by atoms with Gasteiger partial charge in [0.1, 0.15) is 23.3 Å². The van der Waals surface area contributed by atoms with E-state index in [-0.39, 0.29) is 21.1 Å². The molecule has 7 heteroatoms. The van der Waals surface area contributed by atoms with Gasteiger partial charge in [0.25, 0.3) is 0 Å². The Bertz CT molecular complexity index is 586. The molecule has 3 nitrogen and oxygen atoms in total. The highest BCUT2D eigenvalue weighted by Gasteiger charge is 2.31. The number of halogens is 3. The van der Waals surface area contributed by atoms with Crippen LogP contribution in [0.5, 0.6) is 5.75 Å². The maximum Gasteiger partial charge on any atom is 0.240 e. The molecule has 1 unspecified atom stereocenters. The Balaban J connectivity index is 2.41. The number of ether oxygens (including phenoxy) is 1. The van der Waals surface area contributed by atoms with E-state index in [1.54, 1.807) is 13.0 Å². The third-order valence-corrected chi connectivity index (χ3v) is 4.67. The zero-order valence-electron chi connectivity index (χ0n) is 12.2. The van der Waals surface area contributed by atoms with Crippen LogP contribution in [0.15, 0.2) is 18.2 Å². The van der Waals surface area contributed by atoms with E-state index in [0.29, 0.717) is 24.6 Å². The third kappa shape index (κ3) is 3.56. The van der Waals surface area contributed by atoms with Crippen LogP contribution in [0, 0.1) is 11.6 Å². The van der Waals surface area contributed by atoms with Crippen molar-refractivity contribution in [2.45, 2.75) is 17.3 Å². The summed E-state index contributed by atoms with van der Waals surface area (Å²) in [6.07, 6.45) is 4.01. The summed E-state index contributed by atoms with van der Waals surface area (Å²) in [5.74, 6) is -1.11. The summed E-state index contributed by atoms with van der Waals surface area (Å²) < 4.78 is 33.7. The molecule has 1 aromatic rings. The highest BCUT2D eigenvalue weighted by atomic mass is 127. The first-order valence-corrected chi connectivity index (χ1v) is 9.40. The molecule has 1 heterocycles. The van der Waals surface area contributed by atoms with Crippen LogP contribution < -0.4 is 4.74 Å². The van der Waals surface area contributed by atoms with Crippen molar-refractivity contribution in [1.29, 1.82) is 0 Å². The monoisotopic (exact) mass is 439 g/mol. The van der Waals surface area contributed by atoms with Gasteiger partial charge in [0.05, 0.1) is 15.2 Å². The Labute approximate surface area is 146 Å². The van der Waals surface area contributed by atoms with Crippen LogP contribution in [0.2, 0.25) is 0 Å². The predicted molar refractivity (Wildman–Crippen MR) is 93.2 cm³/mol. The lowest BCUT2D eigenvalue weighted by Gasteiger charge is -2.30. The van der Waals surface area contributed by atoms with Gasteiger partial charge < -0.3 is 9.64 Å². The molecule has 120 valence electrons. The van der Waals surface area contributed by atoms with Crippen molar-refractivity contribution in [3.63, 3.8) is 0 Å². The van der Waals surface area contributed by atoms with Crippen LogP contribution in [0.4, 0.5) is 8.78 Å². The number of benzene rings is 1. The van der Waals surface area contributed by atoms with Crippen molar-refractivity contribution >= 4 is 46.0 Å². The number of nitrogens with zero attached hydrogens (tertiary/aromatic N) is 1. The number of carbonyl (C=O) groups is 1. The van der Waals surface area contributed by atoms with E-state index in [1.165, 1.54) is 16.7 Å². The normalized spacial score (nSPS) is 18.4. The van der Waals surface area contributed by atoms with Crippen molar-refractivity contribution in [2.24, 2.45) is 0 Å². The molecule has 1 aliphatic heterocycles. The topological polar surface area (TPSA) is 29.5 Å². The van der Waals surface area contributed by atoms with E-state index < -0.39 is 11.6 Å². The first-order valence-electron chi connectivity index (χ1n) is 6.76. The molecule has 0 saturated carbocycles. The quantitative estimate of drug-likeness (QED) is 0.394. The van der Waals surface area contributed by atoms with Gasteiger partial charge in [0.2, 0.25) is 5.91 Å². The molecule has 0 saturated heterocycles. The average molecular weight is 439 g/mol. The number of rotatable bonds is 5. The molecule has 1 aromatic carbocycles. The second kappa shape index (κ2) is 7.63. The van der Waals surface area contributed by atoms with E-state index in [4.69, 9.17) is 4.74 Å². The summed E-state index contributed by atoms with van der Waals surface area (Å²) in [5, 5.41) is 0. The minimum atomic E-state index is -0.722. The summed E-state index contributed by atoms with van der Waals surface area (Å²) in [6, 6.07) is 2.31. The molecule has 1 aliphatic rings. The fourth-order valence-corrected chi connectivity index (χ4v) is 3.13. The van der Waals surface area contributed by atoms with Crippen LogP contribution in [0.1, 0.15) is 18.9 Å². The Morgan fingerprint density at radius 1 is 1.41 bits per heavy atom. The molecule has 0 aliphatic carbocycles. The fourth-order valence-electron chi connectivity index (χ4n) is 2.28. The molecular formula is C15H16F2INO2S. The fraction of sp³-hybridized carbons (Fsp3) is 0.400. The van der Waals surface area contributed by atoms with E-state index in [9.17, 15) is 13.6 Å². The zero-order valence-corrected chi connectivity index (χ0v) is 15.2. The lowest BCUT2D eigenvalue weighted by atomic mass is 10.0. The average Bonchev–Trinajstić information content (AvgIpc) is 2.48. The molecule has 22 heavy (non-hydrogen) atoms. The number of hydrogen-bond acceptors (Lipinski definition) is 3. The van der Waals surface area contributed by atoms with E-state index in [1.807, 2.05) is 28.8 Å². The zero-order chi connectivity index (χ0) is 16.3. The number of allylic oxidation sites excluding steroid dienone is 1. The minimum Gasteiger partial charge on any atom is -0.483 e. The van der Waals surface area contributed by atoms with E-state index in [2.05, 4.69) is 0 Å². The number of thioether (sulfide) groups is 1. The molecule has 0 aromatic heterocycles. The van der Waals surface area contributed by atoms with Crippen molar-refractivity contribution in [1.82, 2.24) is 4.90 Å². The van der Waals surface area contributed by atoms with E-state index in [0.717, 1.165) is 12.1 Å². The molecule has 1 amide bonds. The van der Waals surface area contributed by atoms with Crippen molar-refractivity contribution in [3.8, 4) is 5.75 Å². The van der Waals surface area contributed by atoms with Gasteiger partial charge in [0, 0.05) is 18.7 Å². The molecule has 1 atom stereocenters. The van der Waals surface area contributed by atoms with Gasteiger partial charge in [-0.25, -0.2) is 8.78 Å². The minimum absolute atomic E-state index is 0.123. The van der Waals surface area contributed by atoms with Crippen LogP contribution in [-0.2, 0) is 4.79 Å². The van der Waals surface area contributed by atoms with Crippen molar-refractivity contribution in [2.75, 3.05) is 18.7 Å². The molecular weight excluding hydrogens is 423 g/mol. The van der Waals surface area contributed by atoms with Gasteiger partial charge >= 0.3 is 0 Å². The van der Waals surface area contributed by atoms with Crippen molar-refractivity contribution in [3.05, 3.63) is 35.4 Å². The molecule has 0 bridgehead atoms. The van der Waals surface area contributed by atoms with Gasteiger partial charge in [-0.2, -0.15) is 0 Å². The summed E-state index contributed by atoms with van der Waals surface area (Å²) in [4.78, 5) is 13.6. The smallest absolute Gasteiger partial charge is 0.240 e. The van der Waals surface area contributed by atoms with Crippen molar-refractivity contribution < 1.29 is 18.3 Å². The van der Waals surface area contributed by atoms with Crippen LogP contribution >= 0.6 is 34.4 Å². The summed E-state index contributed by atoms with van der Waals surface area (Å²) >= 11 is 3.46. The molecule has 0 fully saturated rings. The predicted octanol–water partition coefficient (Wildman–Crippen LogP) is 4.06. The maximum atomic E-state index is 14.3. The highest BCUT2D eigenvalue weighted by molar-refractivity contribution is 14.1. The maximum absolute atomic E-state index is 14.3. The van der Waals surface area contributed by atoms with Crippen LogP contribution in [0.25, 0.3) is 5.70 Å². The Hall–Kier alpha value is -0.830. The number of alkyl halides is 1. The van der Waals surface area contributed by atoms with Crippen LogP contribution in [0.3, 0.4) is 0 Å². The Morgan fingerprint density at radius 2 is 2.05 bits per heavy atom. The van der Waals surface area contributed by atoms with Gasteiger partial charge in [-0.05, 0) is 19.6 Å². The van der Waals surface area contributed by atoms with E-state index >= 15 is 0 Å². The Kier molecular flexibility index (Phi) is 6.08. The van der Waals surface area contributed by atoms with Gasteiger partial charge in [0.15, 0.2) is 0 Å². The van der Waals surface area contributed by atoms with Gasteiger partial charge in [-0.1, -0.05) is 28.7 Å². The highest BCUT2D eigenvalue weighted by Crippen LogP contribution is 2.33. The third-order valence-electron chi connectivity index (χ3n) is 3.27. The Morgan fingerprint density at radius 3 is 2.59 bits per heavy atom. The molecule has 0 N–H and O–H groups in total. The molecule has 0 radical (unpaired) electrons. The largest absolute Gasteiger partial charge is 0.483 e. The van der Waals surface area contributed by atoms with Gasteiger partial charge in [-0.15, -0.1) is 11.8 Å². The first kappa shape index (κ1) is 17.5. The second-order valence-electron chi connectivity index (χ2n) is 4.69. The molecule has 0 spiro atoms. The number of hydrogen-bond donors (Lipinski definition) is 0. The van der Waals surface area contributed by atoms with Gasteiger partial charge in [-0.3, -0.25) is 4.79 Å². The number of carbonyl (C=O) groups excluding carboxylic acids is 1.